The Bertz CT molecular complexity index is 429. The summed E-state index contributed by atoms with van der Waals surface area (Å²) in [5, 5.41) is 0. The van der Waals surface area contributed by atoms with E-state index in [1.165, 1.54) is 0 Å². The number of carbonyl (C=O) groups is 2. The fourth-order valence-corrected chi connectivity index (χ4v) is 1.76. The summed E-state index contributed by atoms with van der Waals surface area (Å²) in [6.45, 7) is 2.12. The molecule has 1 aliphatic carbocycles. The Morgan fingerprint density at radius 2 is 2.06 bits per heavy atom. The van der Waals surface area contributed by atoms with Crippen molar-refractivity contribution in [2.24, 2.45) is 0 Å². The van der Waals surface area contributed by atoms with Crippen molar-refractivity contribution in [3.63, 3.8) is 0 Å². The summed E-state index contributed by atoms with van der Waals surface area (Å²) < 4.78 is 4.89. The van der Waals surface area contributed by atoms with Crippen molar-refractivity contribution in [2.75, 3.05) is 13.2 Å². The molecule has 0 saturated heterocycles. The molecule has 1 aromatic heterocycles. The van der Waals surface area contributed by atoms with Crippen LogP contribution < -0.4 is 0 Å². The minimum absolute atomic E-state index is 0.0274. The van der Waals surface area contributed by atoms with Gasteiger partial charge in [0.15, 0.2) is 0 Å². The van der Waals surface area contributed by atoms with Gasteiger partial charge in [0.1, 0.15) is 6.54 Å². The molecular weight excluding hydrogens is 232 g/mol. The number of rotatable bonds is 5. The first-order valence-electron chi connectivity index (χ1n) is 6.09. The van der Waals surface area contributed by atoms with Crippen LogP contribution in [0.4, 0.5) is 0 Å². The number of esters is 1. The SMILES string of the molecule is CCOC(=O)CN(C(=O)c1ccncc1)C1CC1. The third-order valence-corrected chi connectivity index (χ3v) is 2.78. The lowest BCUT2D eigenvalue weighted by Crippen LogP contribution is -2.38. The molecule has 0 atom stereocenters. The number of nitrogens with zero attached hydrogens (tertiary/aromatic N) is 2. The minimum atomic E-state index is -0.355. The Balaban J connectivity index is 2.06. The highest BCUT2D eigenvalue weighted by atomic mass is 16.5. The van der Waals surface area contributed by atoms with Crippen LogP contribution in [0.3, 0.4) is 0 Å². The summed E-state index contributed by atoms with van der Waals surface area (Å²) >= 11 is 0. The first-order valence-corrected chi connectivity index (χ1v) is 6.09. The van der Waals surface area contributed by atoms with Gasteiger partial charge in [-0.05, 0) is 31.9 Å². The first-order chi connectivity index (χ1) is 8.72. The Labute approximate surface area is 106 Å². The third-order valence-electron chi connectivity index (χ3n) is 2.78. The van der Waals surface area contributed by atoms with Gasteiger partial charge in [-0.3, -0.25) is 14.6 Å². The van der Waals surface area contributed by atoms with Crippen molar-refractivity contribution in [1.82, 2.24) is 9.88 Å². The van der Waals surface area contributed by atoms with Crippen LogP contribution >= 0.6 is 0 Å². The molecule has 1 heterocycles. The second kappa shape index (κ2) is 5.62. The smallest absolute Gasteiger partial charge is 0.325 e. The van der Waals surface area contributed by atoms with Gasteiger partial charge in [0.2, 0.25) is 0 Å². The lowest BCUT2D eigenvalue weighted by molar-refractivity contribution is -0.144. The summed E-state index contributed by atoms with van der Waals surface area (Å²) in [6, 6.07) is 3.49. The van der Waals surface area contributed by atoms with Gasteiger partial charge in [0.05, 0.1) is 6.61 Å². The Kier molecular flexibility index (Phi) is 3.92. The lowest BCUT2D eigenvalue weighted by Gasteiger charge is -2.21. The van der Waals surface area contributed by atoms with E-state index in [9.17, 15) is 9.59 Å². The molecule has 18 heavy (non-hydrogen) atoms. The summed E-state index contributed by atoms with van der Waals surface area (Å²) in [7, 11) is 0. The van der Waals surface area contributed by atoms with Gasteiger partial charge in [0, 0.05) is 24.0 Å². The maximum absolute atomic E-state index is 12.3. The predicted octanol–water partition coefficient (Wildman–Crippen LogP) is 1.25. The maximum atomic E-state index is 12.3. The van der Waals surface area contributed by atoms with E-state index in [0.29, 0.717) is 12.2 Å². The number of ether oxygens (including phenoxy) is 1. The van der Waals surface area contributed by atoms with E-state index < -0.39 is 0 Å². The molecule has 5 heteroatoms. The summed E-state index contributed by atoms with van der Waals surface area (Å²) in [6.07, 6.45) is 5.05. The van der Waals surface area contributed by atoms with E-state index >= 15 is 0 Å². The van der Waals surface area contributed by atoms with Crippen molar-refractivity contribution in [2.45, 2.75) is 25.8 Å². The fraction of sp³-hybridized carbons (Fsp3) is 0.462. The molecule has 1 aromatic rings. The van der Waals surface area contributed by atoms with Gasteiger partial charge >= 0.3 is 5.97 Å². The molecular formula is C13H16N2O3. The maximum Gasteiger partial charge on any atom is 0.325 e. The molecule has 1 amide bonds. The number of carbonyl (C=O) groups excluding carboxylic acids is 2. The quantitative estimate of drug-likeness (QED) is 0.736. The predicted molar refractivity (Wildman–Crippen MR) is 64.9 cm³/mol. The van der Waals surface area contributed by atoms with Crippen molar-refractivity contribution in [3.05, 3.63) is 30.1 Å². The number of amides is 1. The molecule has 0 aromatic carbocycles. The fourth-order valence-electron chi connectivity index (χ4n) is 1.76. The zero-order valence-corrected chi connectivity index (χ0v) is 10.3. The van der Waals surface area contributed by atoms with Crippen LogP contribution in [-0.2, 0) is 9.53 Å². The molecule has 2 rings (SSSR count). The molecule has 5 nitrogen and oxygen atoms in total. The molecule has 0 unspecified atom stereocenters. The molecule has 1 saturated carbocycles. The third kappa shape index (κ3) is 3.06. The van der Waals surface area contributed by atoms with E-state index in [4.69, 9.17) is 4.74 Å². The Hall–Kier alpha value is -1.91. The number of pyridine rings is 1. The minimum Gasteiger partial charge on any atom is -0.465 e. The van der Waals surface area contributed by atoms with Gasteiger partial charge in [0.25, 0.3) is 5.91 Å². The van der Waals surface area contributed by atoms with Gasteiger partial charge in [-0.1, -0.05) is 0 Å². The standard InChI is InChI=1S/C13H16N2O3/c1-2-18-12(16)9-15(11-3-4-11)13(17)10-5-7-14-8-6-10/h5-8,11H,2-4,9H2,1H3. The molecule has 1 aliphatic rings. The average molecular weight is 248 g/mol. The summed E-state index contributed by atoms with van der Waals surface area (Å²) in [4.78, 5) is 29.2. The molecule has 96 valence electrons. The Morgan fingerprint density at radius 1 is 1.39 bits per heavy atom. The van der Waals surface area contributed by atoms with Gasteiger partial charge in [-0.2, -0.15) is 0 Å². The van der Waals surface area contributed by atoms with Crippen LogP contribution in [0.5, 0.6) is 0 Å². The Morgan fingerprint density at radius 3 is 2.61 bits per heavy atom. The van der Waals surface area contributed by atoms with Crippen molar-refractivity contribution >= 4 is 11.9 Å². The van der Waals surface area contributed by atoms with Crippen LogP contribution in [0.25, 0.3) is 0 Å². The number of hydrogen-bond donors (Lipinski definition) is 0. The van der Waals surface area contributed by atoms with E-state index in [0.717, 1.165) is 12.8 Å². The topological polar surface area (TPSA) is 59.5 Å². The molecule has 0 N–H and O–H groups in total. The molecule has 0 aliphatic heterocycles. The van der Waals surface area contributed by atoms with E-state index in [1.54, 1.807) is 36.4 Å². The van der Waals surface area contributed by atoms with E-state index in [1.807, 2.05) is 0 Å². The van der Waals surface area contributed by atoms with Crippen LogP contribution in [-0.4, -0.2) is 41.0 Å². The summed E-state index contributed by atoms with van der Waals surface area (Å²) in [5.74, 6) is -0.486. The molecule has 0 spiro atoms. The van der Waals surface area contributed by atoms with E-state index in [2.05, 4.69) is 4.98 Å². The van der Waals surface area contributed by atoms with Gasteiger partial charge < -0.3 is 9.64 Å². The highest BCUT2D eigenvalue weighted by molar-refractivity contribution is 5.96. The summed E-state index contributed by atoms with van der Waals surface area (Å²) in [5.41, 5.74) is 0.557. The van der Waals surface area contributed by atoms with Crippen molar-refractivity contribution in [1.29, 1.82) is 0 Å². The average Bonchev–Trinajstić information content (AvgIpc) is 3.21. The van der Waals surface area contributed by atoms with Gasteiger partial charge in [-0.15, -0.1) is 0 Å². The molecule has 1 fully saturated rings. The second-order valence-electron chi connectivity index (χ2n) is 4.21. The van der Waals surface area contributed by atoms with Crippen molar-refractivity contribution in [3.8, 4) is 0 Å². The zero-order chi connectivity index (χ0) is 13.0. The van der Waals surface area contributed by atoms with Crippen molar-refractivity contribution < 1.29 is 14.3 Å². The highest BCUT2D eigenvalue weighted by Gasteiger charge is 2.34. The van der Waals surface area contributed by atoms with Crippen LogP contribution in [0.1, 0.15) is 30.1 Å². The monoisotopic (exact) mass is 248 g/mol. The second-order valence-corrected chi connectivity index (χ2v) is 4.21. The van der Waals surface area contributed by atoms with Crippen LogP contribution in [0.2, 0.25) is 0 Å². The van der Waals surface area contributed by atoms with Crippen LogP contribution in [0.15, 0.2) is 24.5 Å². The normalized spacial score (nSPS) is 14.1. The van der Waals surface area contributed by atoms with Gasteiger partial charge in [-0.25, -0.2) is 0 Å². The number of aromatic nitrogens is 1. The van der Waals surface area contributed by atoms with E-state index in [-0.39, 0.29) is 24.5 Å². The largest absolute Gasteiger partial charge is 0.465 e. The van der Waals surface area contributed by atoms with Crippen LogP contribution in [0, 0.1) is 0 Å². The zero-order valence-electron chi connectivity index (χ0n) is 10.3. The molecule has 0 bridgehead atoms. The number of hydrogen-bond acceptors (Lipinski definition) is 4. The molecule has 0 radical (unpaired) electrons. The highest BCUT2D eigenvalue weighted by Crippen LogP contribution is 2.28. The lowest BCUT2D eigenvalue weighted by atomic mass is 10.2. The first kappa shape index (κ1) is 12.5.